The smallest absolute Gasteiger partial charge is 0.329 e. The van der Waals surface area contributed by atoms with Gasteiger partial charge in [0.1, 0.15) is 17.1 Å². The maximum Gasteiger partial charge on any atom is 0.329 e. The quantitative estimate of drug-likeness (QED) is 0.821. The summed E-state index contributed by atoms with van der Waals surface area (Å²) in [4.78, 5) is 36.7. The molecule has 1 aromatic carbocycles. The predicted octanol–water partition coefficient (Wildman–Crippen LogP) is 2.53. The van der Waals surface area contributed by atoms with Gasteiger partial charge >= 0.3 is 5.97 Å². The molecule has 0 spiro atoms. The normalized spacial score (nSPS) is 21.9. The van der Waals surface area contributed by atoms with Crippen molar-refractivity contribution in [2.45, 2.75) is 44.6 Å². The molecule has 1 aliphatic carbocycles. The van der Waals surface area contributed by atoms with E-state index in [0.717, 1.165) is 23.9 Å². The van der Waals surface area contributed by atoms with Gasteiger partial charge in [-0.3, -0.25) is 9.59 Å². The Morgan fingerprint density at radius 3 is 2.43 bits per heavy atom. The zero-order valence-electron chi connectivity index (χ0n) is 15.5. The highest BCUT2D eigenvalue weighted by atomic mass is 19.1. The summed E-state index contributed by atoms with van der Waals surface area (Å²) in [5.41, 5.74) is -1.60. The van der Waals surface area contributed by atoms with Crippen molar-refractivity contribution in [3.63, 3.8) is 0 Å². The number of hydrogen-bond acceptors (Lipinski definition) is 4. The standard InChI is InChI=1S/C20H22FN3O4/c1-2-13-9-11-20(12-10-13,19(27)28)22-18(26)16-7-8-17(25)24(23-16)15-5-3-14(21)4-6-15/h3-8,13H,2,9-12H2,1H3,(H,22,26)(H,27,28). The number of aromatic nitrogens is 2. The van der Waals surface area contributed by atoms with Gasteiger partial charge < -0.3 is 10.4 Å². The highest BCUT2D eigenvalue weighted by Gasteiger charge is 2.43. The highest BCUT2D eigenvalue weighted by Crippen LogP contribution is 2.34. The minimum atomic E-state index is -1.33. The Morgan fingerprint density at radius 2 is 1.86 bits per heavy atom. The second-order valence-corrected chi connectivity index (χ2v) is 7.14. The molecule has 1 fully saturated rings. The second kappa shape index (κ2) is 7.92. The third-order valence-electron chi connectivity index (χ3n) is 5.40. The van der Waals surface area contributed by atoms with E-state index < -0.39 is 28.8 Å². The van der Waals surface area contributed by atoms with Crippen LogP contribution < -0.4 is 10.9 Å². The number of carbonyl (C=O) groups is 2. The lowest BCUT2D eigenvalue weighted by molar-refractivity contribution is -0.146. The number of nitrogens with one attached hydrogen (secondary N) is 1. The lowest BCUT2D eigenvalue weighted by Crippen LogP contribution is -2.56. The Hall–Kier alpha value is -3.03. The third kappa shape index (κ3) is 3.95. The van der Waals surface area contributed by atoms with Crippen molar-refractivity contribution < 1.29 is 19.1 Å². The minimum absolute atomic E-state index is 0.0813. The number of carboxylic acid groups (broad SMARTS) is 1. The Balaban J connectivity index is 1.86. The molecule has 3 rings (SSSR count). The molecule has 8 heteroatoms. The SMILES string of the molecule is CCC1CCC(NC(=O)c2ccc(=O)n(-c3ccc(F)cc3)n2)(C(=O)O)CC1. The molecule has 1 amide bonds. The van der Waals surface area contributed by atoms with Gasteiger partial charge in [0.25, 0.3) is 11.5 Å². The van der Waals surface area contributed by atoms with Crippen LogP contribution >= 0.6 is 0 Å². The Kier molecular flexibility index (Phi) is 5.58. The molecule has 2 aromatic rings. The molecule has 0 atom stereocenters. The number of benzene rings is 1. The van der Waals surface area contributed by atoms with Crippen LogP contribution in [0.15, 0.2) is 41.2 Å². The lowest BCUT2D eigenvalue weighted by atomic mass is 9.75. The molecule has 28 heavy (non-hydrogen) atoms. The van der Waals surface area contributed by atoms with Gasteiger partial charge in [0.2, 0.25) is 0 Å². The third-order valence-corrected chi connectivity index (χ3v) is 5.40. The monoisotopic (exact) mass is 387 g/mol. The molecule has 148 valence electrons. The molecule has 7 nitrogen and oxygen atoms in total. The van der Waals surface area contributed by atoms with Crippen LogP contribution in [-0.4, -0.2) is 32.3 Å². The first-order valence-electron chi connectivity index (χ1n) is 9.27. The number of amides is 1. The van der Waals surface area contributed by atoms with E-state index in [1.54, 1.807) is 0 Å². The molecule has 0 aliphatic heterocycles. The van der Waals surface area contributed by atoms with Crippen LogP contribution in [0.1, 0.15) is 49.5 Å². The summed E-state index contributed by atoms with van der Waals surface area (Å²) in [6.07, 6.45) is 3.14. The maximum absolute atomic E-state index is 13.1. The van der Waals surface area contributed by atoms with E-state index >= 15 is 0 Å². The summed E-state index contributed by atoms with van der Waals surface area (Å²) < 4.78 is 14.1. The van der Waals surface area contributed by atoms with Gasteiger partial charge in [-0.25, -0.2) is 9.18 Å². The number of carboxylic acids is 1. The van der Waals surface area contributed by atoms with E-state index in [1.807, 2.05) is 0 Å². The van der Waals surface area contributed by atoms with Gasteiger partial charge in [-0.05, 0) is 61.9 Å². The minimum Gasteiger partial charge on any atom is -0.480 e. The van der Waals surface area contributed by atoms with Crippen LogP contribution in [-0.2, 0) is 4.79 Å². The van der Waals surface area contributed by atoms with Gasteiger partial charge in [0.05, 0.1) is 5.69 Å². The Labute approximate surface area is 161 Å². The van der Waals surface area contributed by atoms with Crippen molar-refractivity contribution in [1.29, 1.82) is 0 Å². The summed E-state index contributed by atoms with van der Waals surface area (Å²) in [6.45, 7) is 2.07. The Bertz CT molecular complexity index is 931. The molecule has 1 aromatic heterocycles. The predicted molar refractivity (Wildman–Crippen MR) is 99.9 cm³/mol. The first-order valence-corrected chi connectivity index (χ1v) is 9.27. The van der Waals surface area contributed by atoms with Crippen LogP contribution in [0.3, 0.4) is 0 Å². The first-order chi connectivity index (χ1) is 13.3. The van der Waals surface area contributed by atoms with E-state index in [-0.39, 0.29) is 5.69 Å². The second-order valence-electron chi connectivity index (χ2n) is 7.14. The van der Waals surface area contributed by atoms with Gasteiger partial charge in [-0.1, -0.05) is 13.3 Å². The number of hydrogen-bond donors (Lipinski definition) is 2. The van der Waals surface area contributed by atoms with Crippen molar-refractivity contribution in [2.24, 2.45) is 5.92 Å². The van der Waals surface area contributed by atoms with Crippen LogP contribution in [0.25, 0.3) is 5.69 Å². The van der Waals surface area contributed by atoms with Crippen molar-refractivity contribution in [3.8, 4) is 5.69 Å². The molecule has 1 saturated carbocycles. The summed E-state index contributed by atoms with van der Waals surface area (Å²) in [6, 6.07) is 7.54. The molecular weight excluding hydrogens is 365 g/mol. The van der Waals surface area contributed by atoms with E-state index in [9.17, 15) is 23.9 Å². The number of aliphatic carboxylic acids is 1. The summed E-state index contributed by atoms with van der Waals surface area (Å²) in [5.74, 6) is -1.73. The van der Waals surface area contributed by atoms with Gasteiger partial charge in [0.15, 0.2) is 0 Å². The number of carbonyl (C=O) groups excluding carboxylic acids is 1. The molecule has 2 N–H and O–H groups in total. The average Bonchev–Trinajstić information content (AvgIpc) is 2.69. The van der Waals surface area contributed by atoms with Crippen molar-refractivity contribution in [1.82, 2.24) is 15.1 Å². The Morgan fingerprint density at radius 1 is 1.21 bits per heavy atom. The van der Waals surface area contributed by atoms with Crippen LogP contribution in [0.2, 0.25) is 0 Å². The van der Waals surface area contributed by atoms with Gasteiger partial charge in [-0.15, -0.1) is 0 Å². The van der Waals surface area contributed by atoms with Crippen molar-refractivity contribution in [3.05, 3.63) is 58.3 Å². The summed E-state index contributed by atoms with van der Waals surface area (Å²) in [5, 5.41) is 16.4. The number of halogens is 1. The largest absolute Gasteiger partial charge is 0.480 e. The maximum atomic E-state index is 13.1. The first kappa shape index (κ1) is 19.7. The molecule has 0 bridgehead atoms. The molecule has 0 radical (unpaired) electrons. The van der Waals surface area contributed by atoms with Gasteiger partial charge in [-0.2, -0.15) is 9.78 Å². The zero-order chi connectivity index (χ0) is 20.3. The fraction of sp³-hybridized carbons (Fsp3) is 0.400. The van der Waals surface area contributed by atoms with Crippen molar-refractivity contribution >= 4 is 11.9 Å². The van der Waals surface area contributed by atoms with Crippen LogP contribution in [0, 0.1) is 11.7 Å². The van der Waals surface area contributed by atoms with E-state index in [0.29, 0.717) is 24.4 Å². The summed E-state index contributed by atoms with van der Waals surface area (Å²) >= 11 is 0. The van der Waals surface area contributed by atoms with E-state index in [2.05, 4.69) is 17.3 Å². The topological polar surface area (TPSA) is 101 Å². The van der Waals surface area contributed by atoms with E-state index in [1.165, 1.54) is 36.4 Å². The molecule has 1 aliphatic rings. The van der Waals surface area contributed by atoms with Gasteiger partial charge in [0, 0.05) is 6.07 Å². The number of rotatable bonds is 5. The fourth-order valence-corrected chi connectivity index (χ4v) is 3.55. The van der Waals surface area contributed by atoms with Crippen LogP contribution in [0.4, 0.5) is 4.39 Å². The van der Waals surface area contributed by atoms with E-state index in [4.69, 9.17) is 0 Å². The average molecular weight is 387 g/mol. The summed E-state index contributed by atoms with van der Waals surface area (Å²) in [7, 11) is 0. The molecular formula is C20H22FN3O4. The lowest BCUT2D eigenvalue weighted by Gasteiger charge is -2.37. The number of nitrogens with zero attached hydrogens (tertiary/aromatic N) is 2. The molecule has 0 saturated heterocycles. The van der Waals surface area contributed by atoms with Crippen LogP contribution in [0.5, 0.6) is 0 Å². The molecule has 0 unspecified atom stereocenters. The zero-order valence-corrected chi connectivity index (χ0v) is 15.5. The molecule has 1 heterocycles. The highest BCUT2D eigenvalue weighted by molar-refractivity contribution is 5.96. The van der Waals surface area contributed by atoms with Crippen molar-refractivity contribution in [2.75, 3.05) is 0 Å². The fourth-order valence-electron chi connectivity index (χ4n) is 3.55.